The first-order chi connectivity index (χ1) is 10.2. The summed E-state index contributed by atoms with van der Waals surface area (Å²) in [7, 11) is 1.71. The fourth-order valence-corrected chi connectivity index (χ4v) is 2.56. The smallest absolute Gasteiger partial charge is 0.121 e. The molecule has 1 heterocycles. The molecule has 0 amide bonds. The van der Waals surface area contributed by atoms with Gasteiger partial charge in [-0.1, -0.05) is 19.1 Å². The molecule has 2 aromatic rings. The summed E-state index contributed by atoms with van der Waals surface area (Å²) in [4.78, 5) is 4.29. The Labute approximate surface area is 127 Å². The minimum absolute atomic E-state index is 0.170. The Balaban J connectivity index is 2.40. The molecule has 21 heavy (non-hydrogen) atoms. The van der Waals surface area contributed by atoms with Crippen LogP contribution in [0.3, 0.4) is 0 Å². The molecule has 1 aromatic carbocycles. The number of aryl methyl sites for hydroxylation is 2. The summed E-state index contributed by atoms with van der Waals surface area (Å²) in [5, 5.41) is 3.63. The Morgan fingerprint density at radius 3 is 2.62 bits per heavy atom. The normalized spacial score (nSPS) is 12.2. The Hall–Kier alpha value is -1.87. The number of rotatable bonds is 6. The van der Waals surface area contributed by atoms with Gasteiger partial charge in [0, 0.05) is 12.4 Å². The summed E-state index contributed by atoms with van der Waals surface area (Å²) in [6.07, 6.45) is 4.90. The third kappa shape index (κ3) is 3.61. The van der Waals surface area contributed by atoms with Gasteiger partial charge in [-0.2, -0.15) is 0 Å². The van der Waals surface area contributed by atoms with Gasteiger partial charge in [0.2, 0.25) is 0 Å². The highest BCUT2D eigenvalue weighted by Gasteiger charge is 2.16. The molecule has 0 saturated carbocycles. The van der Waals surface area contributed by atoms with Crippen molar-refractivity contribution in [2.75, 3.05) is 13.7 Å². The van der Waals surface area contributed by atoms with Gasteiger partial charge in [-0.15, -0.1) is 0 Å². The highest BCUT2D eigenvalue weighted by Crippen LogP contribution is 2.28. The fourth-order valence-electron chi connectivity index (χ4n) is 2.56. The minimum Gasteiger partial charge on any atom is -0.496 e. The highest BCUT2D eigenvalue weighted by molar-refractivity contribution is 5.41. The molecule has 2 rings (SSSR count). The number of ether oxygens (including phenoxy) is 1. The van der Waals surface area contributed by atoms with Gasteiger partial charge in [0.1, 0.15) is 5.75 Å². The third-order valence-electron chi connectivity index (χ3n) is 3.74. The second-order valence-electron chi connectivity index (χ2n) is 5.35. The molecule has 0 fully saturated rings. The van der Waals surface area contributed by atoms with E-state index >= 15 is 0 Å². The Morgan fingerprint density at radius 2 is 2.00 bits per heavy atom. The summed E-state index contributed by atoms with van der Waals surface area (Å²) < 4.78 is 5.36. The van der Waals surface area contributed by atoms with E-state index in [1.165, 1.54) is 16.7 Å². The summed E-state index contributed by atoms with van der Waals surface area (Å²) in [6.45, 7) is 7.37. The molecule has 1 aromatic heterocycles. The maximum Gasteiger partial charge on any atom is 0.121 e. The molecular formula is C18H24N2O. The van der Waals surface area contributed by atoms with Crippen LogP contribution in [0.2, 0.25) is 0 Å². The average Bonchev–Trinajstić information content (AvgIpc) is 2.49. The molecule has 0 spiro atoms. The molecule has 0 saturated heterocycles. The zero-order valence-electron chi connectivity index (χ0n) is 13.3. The number of hydrogen-bond acceptors (Lipinski definition) is 3. The molecule has 0 aliphatic rings. The van der Waals surface area contributed by atoms with Crippen molar-refractivity contribution >= 4 is 0 Å². The second kappa shape index (κ2) is 7.23. The maximum atomic E-state index is 5.36. The van der Waals surface area contributed by atoms with Crippen LogP contribution in [-0.4, -0.2) is 18.6 Å². The third-order valence-corrected chi connectivity index (χ3v) is 3.74. The van der Waals surface area contributed by atoms with Crippen molar-refractivity contribution in [3.05, 3.63) is 58.9 Å². The van der Waals surface area contributed by atoms with Crippen LogP contribution in [0.1, 0.15) is 41.6 Å². The van der Waals surface area contributed by atoms with Gasteiger partial charge in [0.25, 0.3) is 0 Å². The van der Waals surface area contributed by atoms with Crippen LogP contribution < -0.4 is 10.1 Å². The van der Waals surface area contributed by atoms with Crippen molar-refractivity contribution in [1.29, 1.82) is 0 Å². The quantitative estimate of drug-likeness (QED) is 0.876. The molecule has 0 bridgehead atoms. The van der Waals surface area contributed by atoms with E-state index in [9.17, 15) is 0 Å². The van der Waals surface area contributed by atoms with E-state index in [4.69, 9.17) is 4.74 Å². The Morgan fingerprint density at radius 1 is 1.19 bits per heavy atom. The Bertz CT molecular complexity index is 596. The largest absolute Gasteiger partial charge is 0.496 e. The second-order valence-corrected chi connectivity index (χ2v) is 5.35. The van der Waals surface area contributed by atoms with E-state index in [-0.39, 0.29) is 6.04 Å². The van der Waals surface area contributed by atoms with E-state index in [1.807, 2.05) is 18.5 Å². The maximum absolute atomic E-state index is 5.36. The van der Waals surface area contributed by atoms with Gasteiger partial charge in [0.05, 0.1) is 13.2 Å². The summed E-state index contributed by atoms with van der Waals surface area (Å²) in [6, 6.07) is 8.59. The number of hydrogen-bond donors (Lipinski definition) is 1. The molecule has 1 unspecified atom stereocenters. The summed E-state index contributed by atoms with van der Waals surface area (Å²) in [5.74, 6) is 0.927. The van der Waals surface area contributed by atoms with Gasteiger partial charge < -0.3 is 10.1 Å². The van der Waals surface area contributed by atoms with Crippen LogP contribution in [0.15, 0.2) is 36.7 Å². The lowest BCUT2D eigenvalue weighted by Gasteiger charge is -2.22. The summed E-state index contributed by atoms with van der Waals surface area (Å²) >= 11 is 0. The Kier molecular flexibility index (Phi) is 5.34. The number of nitrogens with zero attached hydrogens (tertiary/aromatic N) is 1. The van der Waals surface area contributed by atoms with Crippen LogP contribution in [0.25, 0.3) is 0 Å². The zero-order chi connectivity index (χ0) is 15.2. The van der Waals surface area contributed by atoms with Gasteiger partial charge in [0.15, 0.2) is 0 Å². The minimum atomic E-state index is 0.170. The van der Waals surface area contributed by atoms with Crippen LogP contribution in [0.4, 0.5) is 0 Å². The first-order valence-electron chi connectivity index (χ1n) is 7.45. The van der Waals surface area contributed by atoms with Crippen molar-refractivity contribution in [1.82, 2.24) is 10.3 Å². The summed E-state index contributed by atoms with van der Waals surface area (Å²) in [5.41, 5.74) is 4.89. The number of methoxy groups -OCH3 is 1. The molecular weight excluding hydrogens is 260 g/mol. The van der Waals surface area contributed by atoms with E-state index < -0.39 is 0 Å². The lowest BCUT2D eigenvalue weighted by Crippen LogP contribution is -2.24. The van der Waals surface area contributed by atoms with Crippen LogP contribution in [0, 0.1) is 13.8 Å². The van der Waals surface area contributed by atoms with Gasteiger partial charge in [-0.25, -0.2) is 0 Å². The number of aromatic nitrogens is 1. The van der Waals surface area contributed by atoms with Gasteiger partial charge >= 0.3 is 0 Å². The lowest BCUT2D eigenvalue weighted by atomic mass is 9.95. The SMILES string of the molecule is CCCNC(c1ccc(OC)c(C)c1)c1cnccc1C. The monoisotopic (exact) mass is 284 g/mol. The molecule has 3 heteroatoms. The van der Waals surface area contributed by atoms with Crippen molar-refractivity contribution in [2.24, 2.45) is 0 Å². The molecule has 3 nitrogen and oxygen atoms in total. The topological polar surface area (TPSA) is 34.1 Å². The average molecular weight is 284 g/mol. The van der Waals surface area contributed by atoms with Gasteiger partial charge in [-0.05, 0) is 61.2 Å². The molecule has 0 aliphatic carbocycles. The van der Waals surface area contributed by atoms with E-state index in [0.29, 0.717) is 0 Å². The van der Waals surface area contributed by atoms with Crippen molar-refractivity contribution < 1.29 is 4.74 Å². The number of benzene rings is 1. The van der Waals surface area contributed by atoms with Crippen LogP contribution >= 0.6 is 0 Å². The van der Waals surface area contributed by atoms with Crippen LogP contribution in [-0.2, 0) is 0 Å². The zero-order valence-corrected chi connectivity index (χ0v) is 13.3. The van der Waals surface area contributed by atoms with Crippen molar-refractivity contribution in [2.45, 2.75) is 33.2 Å². The van der Waals surface area contributed by atoms with E-state index in [0.717, 1.165) is 24.3 Å². The number of pyridine rings is 1. The first kappa shape index (κ1) is 15.5. The van der Waals surface area contributed by atoms with Gasteiger partial charge in [-0.3, -0.25) is 4.98 Å². The molecule has 1 N–H and O–H groups in total. The van der Waals surface area contributed by atoms with Crippen LogP contribution in [0.5, 0.6) is 5.75 Å². The molecule has 112 valence electrons. The van der Waals surface area contributed by atoms with E-state index in [2.05, 4.69) is 49.3 Å². The molecule has 0 radical (unpaired) electrons. The highest BCUT2D eigenvalue weighted by atomic mass is 16.5. The standard InChI is InChI=1S/C18H24N2O/c1-5-9-20-18(16-12-19-10-8-13(16)2)15-6-7-17(21-4)14(3)11-15/h6-8,10-12,18,20H,5,9H2,1-4H3. The lowest BCUT2D eigenvalue weighted by molar-refractivity contribution is 0.411. The van der Waals surface area contributed by atoms with Crippen molar-refractivity contribution in [3.63, 3.8) is 0 Å². The number of nitrogens with one attached hydrogen (secondary N) is 1. The van der Waals surface area contributed by atoms with E-state index in [1.54, 1.807) is 7.11 Å². The fraction of sp³-hybridized carbons (Fsp3) is 0.389. The molecule has 1 atom stereocenters. The van der Waals surface area contributed by atoms with Crippen molar-refractivity contribution in [3.8, 4) is 5.75 Å². The first-order valence-corrected chi connectivity index (χ1v) is 7.45. The molecule has 0 aliphatic heterocycles. The predicted octanol–water partition coefficient (Wildman–Crippen LogP) is 3.80. The predicted molar refractivity (Wildman–Crippen MR) is 86.8 cm³/mol.